The molecule has 0 spiro atoms. The van der Waals surface area contributed by atoms with Gasteiger partial charge in [-0.15, -0.1) is 0 Å². The van der Waals surface area contributed by atoms with Crippen LogP contribution >= 0.6 is 0 Å². The Morgan fingerprint density at radius 2 is 1.41 bits per heavy atom. The summed E-state index contributed by atoms with van der Waals surface area (Å²) in [6.45, 7) is 0. The molecule has 22 heavy (non-hydrogen) atoms. The molecule has 0 radical (unpaired) electrons. The van der Waals surface area contributed by atoms with Crippen molar-refractivity contribution in [2.75, 3.05) is 0 Å². The maximum atomic E-state index is 11.5. The van der Waals surface area contributed by atoms with Gasteiger partial charge in [-0.2, -0.15) is 10.5 Å². The molecule has 3 aliphatic carbocycles. The van der Waals surface area contributed by atoms with E-state index in [0.29, 0.717) is 5.56 Å². The minimum Gasteiger partial charge on any atom is -0.298 e. The maximum Gasteiger partial charge on any atom is 0.150 e. The summed E-state index contributed by atoms with van der Waals surface area (Å²) in [6.07, 6.45) is 0.859. The number of nitriles is 2. The van der Waals surface area contributed by atoms with Crippen LogP contribution in [0.4, 0.5) is 0 Å². The van der Waals surface area contributed by atoms with Gasteiger partial charge in [-0.25, -0.2) is 0 Å². The smallest absolute Gasteiger partial charge is 0.150 e. The number of carbonyl (C=O) groups excluding carboxylic acids is 1. The summed E-state index contributed by atoms with van der Waals surface area (Å²) in [4.78, 5) is 11.5. The van der Waals surface area contributed by atoms with E-state index in [1.807, 2.05) is 36.4 Å². The van der Waals surface area contributed by atoms with Crippen LogP contribution in [0, 0.1) is 34.5 Å². The van der Waals surface area contributed by atoms with Gasteiger partial charge in [0.25, 0.3) is 0 Å². The average molecular weight is 284 g/mol. The Bertz CT molecular complexity index is 872. The number of fused-ring (bicyclic) bond motifs is 1. The van der Waals surface area contributed by atoms with Crippen LogP contribution in [0.5, 0.6) is 0 Å². The minimum absolute atomic E-state index is 0.120. The Hall–Kier alpha value is -2.91. The zero-order chi connectivity index (χ0) is 15.3. The van der Waals surface area contributed by atoms with E-state index >= 15 is 0 Å². The quantitative estimate of drug-likeness (QED) is 0.754. The van der Waals surface area contributed by atoms with Crippen molar-refractivity contribution in [1.82, 2.24) is 0 Å². The van der Waals surface area contributed by atoms with Crippen molar-refractivity contribution in [2.45, 2.75) is 11.8 Å². The fourth-order valence-corrected chi connectivity index (χ4v) is 4.22. The Morgan fingerprint density at radius 1 is 0.818 bits per heavy atom. The summed E-state index contributed by atoms with van der Waals surface area (Å²) in [5, 5.41) is 19.3. The van der Waals surface area contributed by atoms with Crippen molar-refractivity contribution in [3.8, 4) is 12.1 Å². The number of nitrogens with zero attached hydrogens (tertiary/aromatic N) is 2. The van der Waals surface area contributed by atoms with Gasteiger partial charge in [-0.1, -0.05) is 42.5 Å². The summed E-state index contributed by atoms with van der Waals surface area (Å²) >= 11 is 0. The number of carbonyl (C=O) groups is 1. The van der Waals surface area contributed by atoms with Gasteiger partial charge >= 0.3 is 0 Å². The predicted octanol–water partition coefficient (Wildman–Crippen LogP) is 3.37. The van der Waals surface area contributed by atoms with Gasteiger partial charge < -0.3 is 0 Å². The van der Waals surface area contributed by atoms with Crippen LogP contribution in [0.15, 0.2) is 42.5 Å². The molecule has 0 aliphatic heterocycles. The van der Waals surface area contributed by atoms with Gasteiger partial charge in [-0.05, 0) is 22.3 Å². The molecule has 0 saturated carbocycles. The molecule has 104 valence electrons. The third kappa shape index (κ3) is 1.41. The topological polar surface area (TPSA) is 64.7 Å². The van der Waals surface area contributed by atoms with Gasteiger partial charge in [0.2, 0.25) is 0 Å². The largest absolute Gasteiger partial charge is 0.298 e. The third-order valence-corrected chi connectivity index (χ3v) is 5.02. The molecule has 0 saturated heterocycles. The van der Waals surface area contributed by atoms with E-state index in [4.69, 9.17) is 0 Å². The summed E-state index contributed by atoms with van der Waals surface area (Å²) in [5.74, 6) is -1.07. The van der Waals surface area contributed by atoms with Crippen LogP contribution in [-0.4, -0.2) is 6.29 Å². The number of benzene rings is 2. The number of hydrogen-bond donors (Lipinski definition) is 0. The van der Waals surface area contributed by atoms with Gasteiger partial charge in [0.1, 0.15) is 6.29 Å². The van der Waals surface area contributed by atoms with Crippen molar-refractivity contribution >= 4 is 6.29 Å². The molecule has 0 heterocycles. The van der Waals surface area contributed by atoms with Crippen LogP contribution in [0.25, 0.3) is 0 Å². The van der Waals surface area contributed by atoms with E-state index in [9.17, 15) is 15.3 Å². The fourth-order valence-electron chi connectivity index (χ4n) is 4.22. The fraction of sp³-hybridized carbons (Fsp3) is 0.211. The van der Waals surface area contributed by atoms with Crippen LogP contribution in [-0.2, 0) is 0 Å². The summed E-state index contributed by atoms with van der Waals surface area (Å²) < 4.78 is 0. The summed E-state index contributed by atoms with van der Waals surface area (Å²) in [6, 6.07) is 18.3. The van der Waals surface area contributed by atoms with E-state index < -0.39 is 5.92 Å². The lowest BCUT2D eigenvalue weighted by Gasteiger charge is -2.46. The van der Waals surface area contributed by atoms with Crippen LogP contribution in [0.1, 0.15) is 44.4 Å². The molecule has 0 N–H and O–H groups in total. The molecule has 0 fully saturated rings. The Kier molecular flexibility index (Phi) is 2.65. The molecule has 2 bridgehead atoms. The van der Waals surface area contributed by atoms with E-state index in [-0.39, 0.29) is 17.8 Å². The van der Waals surface area contributed by atoms with Crippen molar-refractivity contribution in [2.24, 2.45) is 11.8 Å². The maximum absolute atomic E-state index is 11.5. The SMILES string of the molecule is N#C[C@@H]1[C@H]2c3ccccc3[C@@H](c3c(C=O)cccc32)[C@H]1C#N. The zero-order valence-electron chi connectivity index (χ0n) is 11.7. The van der Waals surface area contributed by atoms with Gasteiger partial charge in [0.05, 0.1) is 24.0 Å². The van der Waals surface area contributed by atoms with E-state index in [1.165, 1.54) is 0 Å². The highest BCUT2D eigenvalue weighted by molar-refractivity contribution is 5.81. The predicted molar refractivity (Wildman–Crippen MR) is 80.2 cm³/mol. The molecule has 3 nitrogen and oxygen atoms in total. The first kappa shape index (κ1) is 12.8. The molecule has 0 aromatic heterocycles. The second-order valence-corrected chi connectivity index (χ2v) is 5.86. The number of hydrogen-bond acceptors (Lipinski definition) is 3. The molecule has 2 aromatic carbocycles. The Labute approximate surface area is 128 Å². The molecule has 2 aromatic rings. The first-order valence-electron chi connectivity index (χ1n) is 7.28. The number of aldehydes is 1. The Morgan fingerprint density at radius 3 is 2.05 bits per heavy atom. The van der Waals surface area contributed by atoms with Crippen LogP contribution in [0.3, 0.4) is 0 Å². The highest BCUT2D eigenvalue weighted by atomic mass is 16.1. The van der Waals surface area contributed by atoms with Crippen molar-refractivity contribution in [1.29, 1.82) is 10.5 Å². The van der Waals surface area contributed by atoms with Crippen molar-refractivity contribution < 1.29 is 4.79 Å². The molecule has 3 heteroatoms. The molecule has 0 unspecified atom stereocenters. The highest BCUT2D eigenvalue weighted by Crippen LogP contribution is 2.58. The highest BCUT2D eigenvalue weighted by Gasteiger charge is 2.50. The molecule has 0 amide bonds. The summed E-state index contributed by atoms with van der Waals surface area (Å²) in [5.41, 5.74) is 4.83. The standard InChI is InChI=1S/C19H12N2O/c20-8-15-16(9-21)19-13-6-2-1-5-12(13)18(15)14-7-3-4-11(10-22)17(14)19/h1-7,10,15-16,18-19H/t15-,16-,18-,19+/m0/s1. The normalized spacial score (nSPS) is 27.2. The van der Waals surface area contributed by atoms with Gasteiger partial charge in [0, 0.05) is 17.4 Å². The summed E-state index contributed by atoms with van der Waals surface area (Å²) in [7, 11) is 0. The third-order valence-electron chi connectivity index (χ3n) is 5.02. The number of rotatable bonds is 1. The van der Waals surface area contributed by atoms with E-state index in [2.05, 4.69) is 12.1 Å². The molecule has 3 aliphatic rings. The van der Waals surface area contributed by atoms with Crippen molar-refractivity contribution in [3.05, 3.63) is 70.3 Å². The Balaban J connectivity index is 2.11. The van der Waals surface area contributed by atoms with E-state index in [0.717, 1.165) is 28.5 Å². The molecular weight excluding hydrogens is 272 g/mol. The molecule has 5 rings (SSSR count). The second kappa shape index (κ2) is 4.55. The van der Waals surface area contributed by atoms with E-state index in [1.54, 1.807) is 6.07 Å². The first-order valence-corrected chi connectivity index (χ1v) is 7.28. The van der Waals surface area contributed by atoms with Crippen molar-refractivity contribution in [3.63, 3.8) is 0 Å². The first-order chi connectivity index (χ1) is 10.8. The molecule has 4 atom stereocenters. The van der Waals surface area contributed by atoms with Crippen LogP contribution in [0.2, 0.25) is 0 Å². The lowest BCUT2D eigenvalue weighted by Crippen LogP contribution is -2.39. The van der Waals surface area contributed by atoms with Gasteiger partial charge in [0.15, 0.2) is 0 Å². The molecular formula is C19H12N2O. The monoisotopic (exact) mass is 284 g/mol. The van der Waals surface area contributed by atoms with Crippen LogP contribution < -0.4 is 0 Å². The zero-order valence-corrected chi connectivity index (χ0v) is 11.7. The minimum atomic E-state index is -0.404. The lowest BCUT2D eigenvalue weighted by molar-refractivity contribution is 0.112. The van der Waals surface area contributed by atoms with Gasteiger partial charge in [-0.3, -0.25) is 4.79 Å². The second-order valence-electron chi connectivity index (χ2n) is 5.86. The average Bonchev–Trinajstić information content (AvgIpc) is 2.60. The lowest BCUT2D eigenvalue weighted by atomic mass is 9.54.